The van der Waals surface area contributed by atoms with E-state index in [0.29, 0.717) is 23.6 Å². The first kappa shape index (κ1) is 18.4. The summed E-state index contributed by atoms with van der Waals surface area (Å²) in [6.07, 6.45) is 0.295. The summed E-state index contributed by atoms with van der Waals surface area (Å²) in [6, 6.07) is 17.0. The normalized spacial score (nSPS) is 19.2. The van der Waals surface area contributed by atoms with E-state index >= 15 is 0 Å². The van der Waals surface area contributed by atoms with Gasteiger partial charge < -0.3 is 10.6 Å². The second-order valence-corrected chi connectivity index (χ2v) is 7.79. The highest BCUT2D eigenvalue weighted by molar-refractivity contribution is 8.00. The molecule has 0 aliphatic carbocycles. The Balaban J connectivity index is 1.38. The number of amides is 2. The molecular weight excluding hydrogens is 377 g/mol. The molecule has 5 nitrogen and oxygen atoms in total. The van der Waals surface area contributed by atoms with Crippen LogP contribution in [0.25, 0.3) is 10.9 Å². The van der Waals surface area contributed by atoms with Crippen LogP contribution in [0.15, 0.2) is 60.7 Å². The minimum Gasteiger partial charge on any atom is -0.343 e. The topological polar surface area (TPSA) is 71.1 Å². The van der Waals surface area contributed by atoms with Gasteiger partial charge in [-0.05, 0) is 36.2 Å². The van der Waals surface area contributed by atoms with Gasteiger partial charge in [0.15, 0.2) is 0 Å². The number of fused-ring (bicyclic) bond motifs is 1. The summed E-state index contributed by atoms with van der Waals surface area (Å²) in [5, 5.41) is 6.07. The zero-order chi connectivity index (χ0) is 19.5. The summed E-state index contributed by atoms with van der Waals surface area (Å²) >= 11 is 1.36. The van der Waals surface area contributed by atoms with Gasteiger partial charge in [-0.15, -0.1) is 11.8 Å². The van der Waals surface area contributed by atoms with Gasteiger partial charge in [0.2, 0.25) is 11.8 Å². The molecule has 1 aromatic heterocycles. The molecule has 4 rings (SSSR count). The van der Waals surface area contributed by atoms with Crippen LogP contribution in [-0.2, 0) is 16.0 Å². The predicted molar refractivity (Wildman–Crippen MR) is 109 cm³/mol. The lowest BCUT2D eigenvalue weighted by Gasteiger charge is -2.28. The van der Waals surface area contributed by atoms with Crippen LogP contribution in [0.2, 0.25) is 0 Å². The van der Waals surface area contributed by atoms with E-state index in [4.69, 9.17) is 0 Å². The number of carbonyl (C=O) groups excluding carboxylic acids is 2. The Hall–Kier alpha value is -2.93. The lowest BCUT2D eigenvalue weighted by molar-refractivity contribution is -0.126. The highest BCUT2D eigenvalue weighted by atomic mass is 32.2. The molecule has 2 N–H and O–H groups in total. The number of anilines is 1. The molecule has 1 saturated heterocycles. The van der Waals surface area contributed by atoms with Crippen molar-refractivity contribution in [2.24, 2.45) is 0 Å². The fraction of sp³-hybridized carbons (Fsp3) is 0.190. The number of nitrogens with one attached hydrogen (secondary N) is 2. The first-order valence-electron chi connectivity index (χ1n) is 8.92. The van der Waals surface area contributed by atoms with E-state index in [1.807, 2.05) is 30.3 Å². The number of rotatable bonds is 4. The maximum atomic E-state index is 13.8. The second kappa shape index (κ2) is 7.98. The molecule has 142 valence electrons. The van der Waals surface area contributed by atoms with Crippen molar-refractivity contribution in [3.8, 4) is 0 Å². The summed E-state index contributed by atoms with van der Waals surface area (Å²) in [7, 11) is 0. The van der Waals surface area contributed by atoms with Crippen LogP contribution in [0.5, 0.6) is 0 Å². The van der Waals surface area contributed by atoms with Crippen LogP contribution < -0.4 is 10.6 Å². The van der Waals surface area contributed by atoms with Crippen molar-refractivity contribution in [1.82, 2.24) is 10.3 Å². The van der Waals surface area contributed by atoms with Crippen molar-refractivity contribution in [1.29, 1.82) is 0 Å². The fourth-order valence-corrected chi connectivity index (χ4v) is 4.28. The summed E-state index contributed by atoms with van der Waals surface area (Å²) in [6.45, 7) is 0. The minimum atomic E-state index is -0.650. The van der Waals surface area contributed by atoms with Gasteiger partial charge in [0.1, 0.15) is 17.7 Å². The Morgan fingerprint density at radius 1 is 1.14 bits per heavy atom. The Morgan fingerprint density at radius 3 is 2.75 bits per heavy atom. The number of benzene rings is 2. The van der Waals surface area contributed by atoms with E-state index < -0.39 is 11.3 Å². The van der Waals surface area contributed by atoms with Crippen molar-refractivity contribution in [2.45, 2.75) is 17.7 Å². The number of hydrogen-bond donors (Lipinski definition) is 2. The number of pyridine rings is 1. The molecule has 1 fully saturated rings. The molecule has 28 heavy (non-hydrogen) atoms. The third-order valence-electron chi connectivity index (χ3n) is 4.60. The van der Waals surface area contributed by atoms with E-state index in [9.17, 15) is 14.0 Å². The first-order valence-corrected chi connectivity index (χ1v) is 9.97. The van der Waals surface area contributed by atoms with E-state index in [1.165, 1.54) is 17.8 Å². The molecule has 2 heterocycles. The summed E-state index contributed by atoms with van der Waals surface area (Å²) in [4.78, 5) is 29.3. The molecule has 0 spiro atoms. The summed E-state index contributed by atoms with van der Waals surface area (Å²) in [5.74, 6) is -0.0294. The molecule has 0 saturated carbocycles. The van der Waals surface area contributed by atoms with Crippen molar-refractivity contribution in [3.05, 3.63) is 72.0 Å². The number of halogens is 1. The van der Waals surface area contributed by atoms with Gasteiger partial charge in [-0.1, -0.05) is 36.4 Å². The number of nitrogens with zero attached hydrogens (tertiary/aromatic N) is 1. The lowest BCUT2D eigenvalue weighted by Crippen LogP contribution is -2.52. The maximum Gasteiger partial charge on any atom is 0.248 e. The van der Waals surface area contributed by atoms with Crippen LogP contribution in [0.1, 0.15) is 5.56 Å². The van der Waals surface area contributed by atoms with Crippen LogP contribution in [-0.4, -0.2) is 33.8 Å². The SMILES string of the molecule is O=C(Nc1ccc2ccccc2n1)[C@@H]1CS[C@H](Cc2ccccc2F)C(=O)N1. The van der Waals surface area contributed by atoms with Crippen LogP contribution in [0.3, 0.4) is 0 Å². The molecule has 3 aromatic rings. The van der Waals surface area contributed by atoms with Gasteiger partial charge in [-0.25, -0.2) is 9.37 Å². The smallest absolute Gasteiger partial charge is 0.248 e. The van der Waals surface area contributed by atoms with Crippen molar-refractivity contribution in [2.75, 3.05) is 11.1 Å². The van der Waals surface area contributed by atoms with Gasteiger partial charge in [-0.3, -0.25) is 9.59 Å². The average Bonchev–Trinajstić information content (AvgIpc) is 2.71. The zero-order valence-corrected chi connectivity index (χ0v) is 15.7. The van der Waals surface area contributed by atoms with Gasteiger partial charge in [0.05, 0.1) is 10.8 Å². The molecule has 7 heteroatoms. The number of carbonyl (C=O) groups is 2. The standard InChI is InChI=1S/C21H18FN3O2S/c22-15-7-3-1-6-14(15)11-18-21(27)24-17(12-28-18)20(26)25-19-10-9-13-5-2-4-8-16(13)23-19/h1-10,17-18H,11-12H2,(H,24,27)(H,23,25,26)/t17-,18+/m0/s1. The number of para-hydroxylation sites is 1. The first-order chi connectivity index (χ1) is 13.6. The molecule has 0 unspecified atom stereocenters. The monoisotopic (exact) mass is 395 g/mol. The van der Waals surface area contributed by atoms with Gasteiger partial charge in [0, 0.05) is 11.1 Å². The average molecular weight is 395 g/mol. The Bertz CT molecular complexity index is 1040. The van der Waals surface area contributed by atoms with Crippen molar-refractivity contribution in [3.63, 3.8) is 0 Å². The Morgan fingerprint density at radius 2 is 1.93 bits per heavy atom. The Labute approximate surface area is 165 Å². The molecule has 1 aliphatic heterocycles. The van der Waals surface area contributed by atoms with Crippen molar-refractivity contribution >= 4 is 40.3 Å². The second-order valence-electron chi connectivity index (χ2n) is 6.56. The van der Waals surface area contributed by atoms with E-state index in [0.717, 1.165) is 10.9 Å². The minimum absolute atomic E-state index is 0.258. The number of hydrogen-bond acceptors (Lipinski definition) is 4. The van der Waals surface area contributed by atoms with E-state index in [2.05, 4.69) is 15.6 Å². The highest BCUT2D eigenvalue weighted by Crippen LogP contribution is 2.24. The fourth-order valence-electron chi connectivity index (χ4n) is 3.10. The maximum absolute atomic E-state index is 13.8. The molecule has 0 radical (unpaired) electrons. The number of thioether (sulfide) groups is 1. The summed E-state index contributed by atoms with van der Waals surface area (Å²) < 4.78 is 13.8. The highest BCUT2D eigenvalue weighted by Gasteiger charge is 2.33. The quantitative estimate of drug-likeness (QED) is 0.712. The van der Waals surface area contributed by atoms with Gasteiger partial charge >= 0.3 is 0 Å². The third kappa shape index (κ3) is 3.99. The molecule has 2 aromatic carbocycles. The van der Waals surface area contributed by atoms with Gasteiger partial charge in [-0.2, -0.15) is 0 Å². The number of aromatic nitrogens is 1. The molecular formula is C21H18FN3O2S. The summed E-state index contributed by atoms with van der Waals surface area (Å²) in [5.41, 5.74) is 1.28. The van der Waals surface area contributed by atoms with E-state index in [1.54, 1.807) is 24.3 Å². The van der Waals surface area contributed by atoms with Crippen LogP contribution in [0.4, 0.5) is 10.2 Å². The van der Waals surface area contributed by atoms with Crippen molar-refractivity contribution < 1.29 is 14.0 Å². The Kier molecular flexibility index (Phi) is 5.25. The lowest BCUT2D eigenvalue weighted by atomic mass is 10.1. The largest absolute Gasteiger partial charge is 0.343 e. The predicted octanol–water partition coefficient (Wildman–Crippen LogP) is 3.16. The van der Waals surface area contributed by atoms with E-state index in [-0.39, 0.29) is 17.6 Å². The molecule has 2 amide bonds. The van der Waals surface area contributed by atoms with Crippen LogP contribution >= 0.6 is 11.8 Å². The zero-order valence-electron chi connectivity index (χ0n) is 14.9. The molecule has 1 aliphatic rings. The third-order valence-corrected chi connectivity index (χ3v) is 5.91. The van der Waals surface area contributed by atoms with Gasteiger partial charge in [0.25, 0.3) is 0 Å². The molecule has 0 bridgehead atoms. The van der Waals surface area contributed by atoms with Crippen LogP contribution in [0, 0.1) is 5.82 Å². The molecule has 2 atom stereocenters.